The van der Waals surface area contributed by atoms with Gasteiger partial charge in [0.25, 0.3) is 0 Å². The van der Waals surface area contributed by atoms with Gasteiger partial charge in [0.2, 0.25) is 0 Å². The van der Waals surface area contributed by atoms with Crippen molar-refractivity contribution in [2.75, 3.05) is 0 Å². The number of halogens is 1. The molecule has 0 fully saturated rings. The maximum atomic E-state index is 14.8. The Labute approximate surface area is 182 Å². The molecule has 0 saturated carbocycles. The minimum Gasteiger partial charge on any atom is -0.256 e. The summed E-state index contributed by atoms with van der Waals surface area (Å²) in [6.07, 6.45) is 5.25. The first-order valence-corrected chi connectivity index (χ1v) is 10.9. The third-order valence-electron chi connectivity index (χ3n) is 5.99. The van der Waals surface area contributed by atoms with Gasteiger partial charge in [-0.3, -0.25) is 4.98 Å². The molecule has 0 N–H and O–H groups in total. The Balaban J connectivity index is 1.61. The van der Waals surface area contributed by atoms with Crippen molar-refractivity contribution in [3.8, 4) is 22.4 Å². The molecule has 0 unspecified atom stereocenters. The van der Waals surface area contributed by atoms with Crippen LogP contribution in [0.15, 0.2) is 91.1 Å². The van der Waals surface area contributed by atoms with Crippen LogP contribution < -0.4 is 0 Å². The van der Waals surface area contributed by atoms with Crippen molar-refractivity contribution in [3.05, 3.63) is 103 Å². The third kappa shape index (κ3) is 3.70. The van der Waals surface area contributed by atoms with E-state index in [4.69, 9.17) is 0 Å². The van der Waals surface area contributed by atoms with Crippen molar-refractivity contribution >= 4 is 21.5 Å². The van der Waals surface area contributed by atoms with Gasteiger partial charge in [0.1, 0.15) is 5.82 Å². The van der Waals surface area contributed by atoms with Crippen LogP contribution >= 0.6 is 0 Å². The number of unbranched alkanes of at least 4 members (excludes halogenated alkanes) is 1. The predicted molar refractivity (Wildman–Crippen MR) is 129 cm³/mol. The number of aromatic nitrogens is 1. The molecule has 1 aromatic heterocycles. The summed E-state index contributed by atoms with van der Waals surface area (Å²) in [5.41, 5.74) is 4.60. The smallest absolute Gasteiger partial charge is 0.131 e. The van der Waals surface area contributed by atoms with Crippen LogP contribution in [0.2, 0.25) is 0 Å². The number of pyridine rings is 1. The summed E-state index contributed by atoms with van der Waals surface area (Å²) < 4.78 is 14.8. The van der Waals surface area contributed by atoms with Crippen LogP contribution in [0.3, 0.4) is 0 Å². The van der Waals surface area contributed by atoms with Crippen LogP contribution in [0.5, 0.6) is 0 Å². The van der Waals surface area contributed by atoms with E-state index in [2.05, 4.69) is 66.5 Å². The van der Waals surface area contributed by atoms with Gasteiger partial charge in [-0.2, -0.15) is 0 Å². The van der Waals surface area contributed by atoms with Crippen LogP contribution in [0, 0.1) is 5.82 Å². The highest BCUT2D eigenvalue weighted by Crippen LogP contribution is 2.34. The molecular formula is C29H24FN. The molecule has 0 saturated heterocycles. The lowest BCUT2D eigenvalue weighted by Gasteiger charge is -2.11. The highest BCUT2D eigenvalue weighted by Gasteiger charge is 2.12. The monoisotopic (exact) mass is 405 g/mol. The summed E-state index contributed by atoms with van der Waals surface area (Å²) >= 11 is 0. The summed E-state index contributed by atoms with van der Waals surface area (Å²) in [5, 5.41) is 4.65. The van der Waals surface area contributed by atoms with Gasteiger partial charge < -0.3 is 0 Å². The highest BCUT2D eigenvalue weighted by molar-refractivity contribution is 6.11. The lowest BCUT2D eigenvalue weighted by molar-refractivity contribution is 0.631. The second-order valence-electron chi connectivity index (χ2n) is 8.04. The number of hydrogen-bond donors (Lipinski definition) is 0. The zero-order chi connectivity index (χ0) is 21.2. The first-order valence-electron chi connectivity index (χ1n) is 10.9. The van der Waals surface area contributed by atoms with Gasteiger partial charge in [-0.1, -0.05) is 74.0 Å². The van der Waals surface area contributed by atoms with E-state index in [1.807, 2.05) is 30.5 Å². The van der Waals surface area contributed by atoms with Crippen LogP contribution in [0.4, 0.5) is 4.39 Å². The molecule has 1 nitrogen and oxygen atoms in total. The molecular weight excluding hydrogens is 381 g/mol. The van der Waals surface area contributed by atoms with E-state index in [0.29, 0.717) is 5.56 Å². The summed E-state index contributed by atoms with van der Waals surface area (Å²) in [6, 6.07) is 28.2. The number of hydrogen-bond acceptors (Lipinski definition) is 1. The van der Waals surface area contributed by atoms with Crippen molar-refractivity contribution in [2.45, 2.75) is 26.2 Å². The van der Waals surface area contributed by atoms with Gasteiger partial charge in [0, 0.05) is 22.7 Å². The molecule has 0 aliphatic rings. The van der Waals surface area contributed by atoms with Crippen LogP contribution in [-0.4, -0.2) is 4.98 Å². The molecule has 0 atom stereocenters. The minimum atomic E-state index is -0.212. The molecule has 0 radical (unpaired) electrons. The van der Waals surface area contributed by atoms with Crippen LogP contribution in [0.25, 0.3) is 43.9 Å². The van der Waals surface area contributed by atoms with Gasteiger partial charge in [0.05, 0.1) is 5.69 Å². The van der Waals surface area contributed by atoms with Crippen LogP contribution in [0.1, 0.15) is 25.3 Å². The maximum Gasteiger partial charge on any atom is 0.131 e. The van der Waals surface area contributed by atoms with E-state index in [1.54, 1.807) is 6.07 Å². The molecule has 0 amide bonds. The zero-order valence-corrected chi connectivity index (χ0v) is 17.6. The van der Waals surface area contributed by atoms with Crippen molar-refractivity contribution in [3.63, 3.8) is 0 Å². The van der Waals surface area contributed by atoms with Gasteiger partial charge in [-0.15, -0.1) is 0 Å². The molecule has 5 aromatic rings. The Hall–Kier alpha value is -3.52. The van der Waals surface area contributed by atoms with E-state index < -0.39 is 0 Å². The Kier molecular flexibility index (Phi) is 5.21. The number of fused-ring (bicyclic) bond motifs is 3. The minimum absolute atomic E-state index is 0.212. The molecule has 0 bridgehead atoms. The normalized spacial score (nSPS) is 11.3. The quantitative estimate of drug-likeness (QED) is 0.269. The first-order chi connectivity index (χ1) is 15.2. The fraction of sp³-hybridized carbons (Fsp3) is 0.138. The van der Waals surface area contributed by atoms with E-state index in [0.717, 1.165) is 34.0 Å². The lowest BCUT2D eigenvalue weighted by Crippen LogP contribution is -1.91. The fourth-order valence-electron chi connectivity index (χ4n) is 4.29. The Morgan fingerprint density at radius 3 is 2.39 bits per heavy atom. The topological polar surface area (TPSA) is 12.9 Å². The molecule has 2 heteroatoms. The Morgan fingerprint density at radius 2 is 1.55 bits per heavy atom. The molecule has 152 valence electrons. The Bertz CT molecular complexity index is 1370. The van der Waals surface area contributed by atoms with Gasteiger partial charge in [-0.25, -0.2) is 4.39 Å². The van der Waals surface area contributed by atoms with Gasteiger partial charge >= 0.3 is 0 Å². The van der Waals surface area contributed by atoms with Gasteiger partial charge in [0.15, 0.2) is 0 Å². The molecule has 0 aliphatic carbocycles. The van der Waals surface area contributed by atoms with Crippen molar-refractivity contribution in [1.82, 2.24) is 4.98 Å². The lowest BCUT2D eigenvalue weighted by atomic mass is 9.96. The van der Waals surface area contributed by atoms with Crippen LogP contribution in [-0.2, 0) is 6.42 Å². The first kappa shape index (κ1) is 19.4. The van der Waals surface area contributed by atoms with E-state index in [-0.39, 0.29) is 5.82 Å². The second-order valence-corrected chi connectivity index (χ2v) is 8.04. The second kappa shape index (κ2) is 8.31. The predicted octanol–water partition coefficient (Wildman–Crippen LogP) is 8.20. The number of nitrogens with zero attached hydrogens (tertiary/aromatic N) is 1. The summed E-state index contributed by atoms with van der Waals surface area (Å²) in [7, 11) is 0. The standard InChI is InChI=1S/C29H24FN/c1-2-3-6-20-9-11-22(12-10-20)27-19-23(14-16-28(27)30)29-26-15-13-21-7-4-5-8-24(21)25(26)17-18-31-29/h4-5,7-19H,2-3,6H2,1H3. The Morgan fingerprint density at radius 1 is 0.742 bits per heavy atom. The summed E-state index contributed by atoms with van der Waals surface area (Å²) in [6.45, 7) is 2.19. The SMILES string of the molecule is CCCCc1ccc(-c2cc(-c3nccc4c3ccc3ccccc34)ccc2F)cc1. The molecule has 5 rings (SSSR count). The van der Waals surface area contributed by atoms with E-state index in [1.165, 1.54) is 29.2 Å². The van der Waals surface area contributed by atoms with Crippen molar-refractivity contribution in [2.24, 2.45) is 0 Å². The fourth-order valence-corrected chi connectivity index (χ4v) is 4.29. The van der Waals surface area contributed by atoms with E-state index >= 15 is 0 Å². The van der Waals surface area contributed by atoms with E-state index in [9.17, 15) is 4.39 Å². The average molecular weight is 406 g/mol. The highest BCUT2D eigenvalue weighted by atomic mass is 19.1. The largest absolute Gasteiger partial charge is 0.256 e. The summed E-state index contributed by atoms with van der Waals surface area (Å²) in [5.74, 6) is -0.212. The molecule has 0 aliphatic heterocycles. The number of benzene rings is 4. The molecule has 31 heavy (non-hydrogen) atoms. The molecule has 0 spiro atoms. The zero-order valence-electron chi connectivity index (χ0n) is 17.6. The average Bonchev–Trinajstić information content (AvgIpc) is 2.83. The number of rotatable bonds is 5. The molecule has 4 aromatic carbocycles. The third-order valence-corrected chi connectivity index (χ3v) is 5.99. The number of aryl methyl sites for hydroxylation is 1. The van der Waals surface area contributed by atoms with Crippen molar-refractivity contribution < 1.29 is 4.39 Å². The van der Waals surface area contributed by atoms with Gasteiger partial charge in [-0.05, 0) is 64.4 Å². The van der Waals surface area contributed by atoms with Crippen molar-refractivity contribution in [1.29, 1.82) is 0 Å². The molecule has 1 heterocycles. The summed E-state index contributed by atoms with van der Waals surface area (Å²) in [4.78, 5) is 4.67. The maximum absolute atomic E-state index is 14.8.